The zero-order valence-corrected chi connectivity index (χ0v) is 16.3. The Labute approximate surface area is 164 Å². The van der Waals surface area contributed by atoms with Gasteiger partial charge in [0, 0.05) is 30.5 Å². The average Bonchev–Trinajstić information content (AvgIpc) is 2.87. The second kappa shape index (κ2) is 8.41. The van der Waals surface area contributed by atoms with Crippen molar-refractivity contribution in [3.63, 3.8) is 0 Å². The minimum absolute atomic E-state index is 0.441. The lowest BCUT2D eigenvalue weighted by atomic mass is 10.2. The molecule has 2 aliphatic heterocycles. The molecule has 2 fully saturated rings. The highest BCUT2D eigenvalue weighted by molar-refractivity contribution is 6.45. The van der Waals surface area contributed by atoms with Gasteiger partial charge in [0.05, 0.1) is 0 Å². The van der Waals surface area contributed by atoms with Crippen LogP contribution in [-0.4, -0.2) is 59.2 Å². The van der Waals surface area contributed by atoms with Crippen molar-refractivity contribution in [2.24, 2.45) is 0 Å². The Morgan fingerprint density at radius 3 is 2.11 bits per heavy atom. The third-order valence-corrected chi connectivity index (χ3v) is 5.02. The summed E-state index contributed by atoms with van der Waals surface area (Å²) in [4.78, 5) is 52.3. The van der Waals surface area contributed by atoms with Gasteiger partial charge in [0.25, 0.3) is 0 Å². The van der Waals surface area contributed by atoms with E-state index in [4.69, 9.17) is 0 Å². The third kappa shape index (κ3) is 4.16. The van der Waals surface area contributed by atoms with Gasteiger partial charge >= 0.3 is 17.8 Å². The fourth-order valence-corrected chi connectivity index (χ4v) is 3.55. The number of nitrogens with one attached hydrogen (secondary N) is 1. The molecular weight excluding hydrogens is 360 g/mol. The van der Waals surface area contributed by atoms with Crippen molar-refractivity contribution in [2.45, 2.75) is 45.6 Å². The van der Waals surface area contributed by atoms with Crippen LogP contribution in [0.1, 0.15) is 39.5 Å². The van der Waals surface area contributed by atoms with Crippen LogP contribution in [0, 0.1) is 0 Å². The zero-order chi connectivity index (χ0) is 20.3. The van der Waals surface area contributed by atoms with Crippen LogP contribution in [0.5, 0.6) is 0 Å². The summed E-state index contributed by atoms with van der Waals surface area (Å²) in [6, 6.07) is 6.32. The van der Waals surface area contributed by atoms with Gasteiger partial charge in [-0.25, -0.2) is 9.69 Å². The van der Waals surface area contributed by atoms with E-state index in [0.717, 1.165) is 23.7 Å². The van der Waals surface area contributed by atoms with Gasteiger partial charge < -0.3 is 10.2 Å². The number of hydrogen-bond donors (Lipinski definition) is 1. The Bertz CT molecular complexity index is 767. The molecule has 1 aromatic rings. The monoisotopic (exact) mass is 386 g/mol. The van der Waals surface area contributed by atoms with Crippen LogP contribution in [-0.2, 0) is 14.4 Å². The molecule has 0 spiro atoms. The quantitative estimate of drug-likeness (QED) is 0.619. The Hall–Kier alpha value is -2.90. The smallest absolute Gasteiger partial charge is 0.334 e. The molecule has 5 amide bonds. The van der Waals surface area contributed by atoms with Crippen molar-refractivity contribution in [3.05, 3.63) is 24.3 Å². The Morgan fingerprint density at radius 1 is 0.964 bits per heavy atom. The lowest BCUT2D eigenvalue weighted by molar-refractivity contribution is -0.144. The van der Waals surface area contributed by atoms with E-state index >= 15 is 0 Å². The van der Waals surface area contributed by atoms with E-state index < -0.39 is 36.3 Å². The highest BCUT2D eigenvalue weighted by Gasteiger charge is 2.46. The molecule has 1 N–H and O–H groups in total. The standard InChI is InChI=1S/C20H26N4O4/c1-14(2)24-19(27)18(26)23(20(24)28)13-17(25)21-15-7-9-16(10-8-15)22-11-5-3-4-6-12-22/h7-10,14H,3-6,11-13H2,1-2H3,(H,21,25). The van der Waals surface area contributed by atoms with Crippen molar-refractivity contribution in [1.82, 2.24) is 9.80 Å². The Balaban J connectivity index is 1.60. The van der Waals surface area contributed by atoms with Crippen LogP contribution in [0.15, 0.2) is 24.3 Å². The first kappa shape index (κ1) is 19.9. The number of rotatable bonds is 5. The Morgan fingerprint density at radius 2 is 1.57 bits per heavy atom. The SMILES string of the molecule is CC(C)N1C(=O)C(=O)N(CC(=O)Nc2ccc(N3CCCCCC3)cc2)C1=O. The van der Waals surface area contributed by atoms with Crippen LogP contribution < -0.4 is 10.2 Å². The topological polar surface area (TPSA) is 90.0 Å². The van der Waals surface area contributed by atoms with Gasteiger partial charge in [-0.05, 0) is 51.0 Å². The molecule has 28 heavy (non-hydrogen) atoms. The predicted molar refractivity (Wildman–Crippen MR) is 105 cm³/mol. The summed E-state index contributed by atoms with van der Waals surface area (Å²) in [5.41, 5.74) is 1.69. The first-order valence-corrected chi connectivity index (χ1v) is 9.72. The first-order chi connectivity index (χ1) is 13.4. The summed E-state index contributed by atoms with van der Waals surface area (Å²) < 4.78 is 0. The van der Waals surface area contributed by atoms with Crippen molar-refractivity contribution >= 4 is 35.1 Å². The molecule has 150 valence electrons. The molecule has 2 heterocycles. The van der Waals surface area contributed by atoms with E-state index in [-0.39, 0.29) is 0 Å². The van der Waals surface area contributed by atoms with Crippen molar-refractivity contribution < 1.29 is 19.2 Å². The lowest BCUT2D eigenvalue weighted by Crippen LogP contribution is -2.40. The van der Waals surface area contributed by atoms with Gasteiger partial charge in [0.2, 0.25) is 5.91 Å². The van der Waals surface area contributed by atoms with Crippen molar-refractivity contribution in [1.29, 1.82) is 0 Å². The number of urea groups is 1. The van der Waals surface area contributed by atoms with E-state index in [0.29, 0.717) is 10.6 Å². The van der Waals surface area contributed by atoms with Crippen LogP contribution in [0.25, 0.3) is 0 Å². The maximum Gasteiger partial charge on any atom is 0.334 e. The molecule has 0 aromatic heterocycles. The molecule has 8 nitrogen and oxygen atoms in total. The highest BCUT2D eigenvalue weighted by Crippen LogP contribution is 2.22. The first-order valence-electron chi connectivity index (χ1n) is 9.72. The van der Waals surface area contributed by atoms with Gasteiger partial charge in [-0.3, -0.25) is 19.3 Å². The molecule has 2 saturated heterocycles. The fraction of sp³-hybridized carbons (Fsp3) is 0.500. The maximum absolute atomic E-state index is 12.3. The molecule has 0 aliphatic carbocycles. The Kier molecular flexibility index (Phi) is 5.96. The molecule has 0 atom stereocenters. The van der Waals surface area contributed by atoms with Crippen LogP contribution in [0.3, 0.4) is 0 Å². The second-order valence-corrected chi connectivity index (χ2v) is 7.44. The van der Waals surface area contributed by atoms with Crippen LogP contribution in [0.2, 0.25) is 0 Å². The normalized spacial score (nSPS) is 18.1. The summed E-state index contributed by atoms with van der Waals surface area (Å²) in [7, 11) is 0. The molecule has 8 heteroatoms. The molecule has 1 aromatic carbocycles. The predicted octanol–water partition coefficient (Wildman–Crippen LogP) is 2.20. The van der Waals surface area contributed by atoms with Crippen LogP contribution in [0.4, 0.5) is 16.2 Å². The maximum atomic E-state index is 12.3. The van der Waals surface area contributed by atoms with E-state index in [1.807, 2.05) is 12.1 Å². The molecule has 0 saturated carbocycles. The highest BCUT2D eigenvalue weighted by atomic mass is 16.2. The molecule has 2 aliphatic rings. The molecule has 0 unspecified atom stereocenters. The molecule has 0 radical (unpaired) electrons. The largest absolute Gasteiger partial charge is 0.372 e. The third-order valence-electron chi connectivity index (χ3n) is 5.02. The lowest BCUT2D eigenvalue weighted by Gasteiger charge is -2.23. The molecular formula is C20H26N4O4. The summed E-state index contributed by atoms with van der Waals surface area (Å²) in [5.74, 6) is -2.39. The number of nitrogens with zero attached hydrogens (tertiary/aromatic N) is 3. The molecule has 3 rings (SSSR count). The zero-order valence-electron chi connectivity index (χ0n) is 16.3. The van der Waals surface area contributed by atoms with E-state index in [2.05, 4.69) is 10.2 Å². The number of hydrogen-bond acceptors (Lipinski definition) is 5. The summed E-state index contributed by atoms with van der Waals surface area (Å²) in [6.07, 6.45) is 4.88. The molecule has 0 bridgehead atoms. The number of carbonyl (C=O) groups is 4. The van der Waals surface area contributed by atoms with Gasteiger partial charge in [-0.15, -0.1) is 0 Å². The second-order valence-electron chi connectivity index (χ2n) is 7.44. The van der Waals surface area contributed by atoms with E-state index in [1.165, 1.54) is 25.7 Å². The van der Waals surface area contributed by atoms with E-state index in [9.17, 15) is 19.2 Å². The van der Waals surface area contributed by atoms with Crippen molar-refractivity contribution in [3.8, 4) is 0 Å². The van der Waals surface area contributed by atoms with Gasteiger partial charge in [-0.1, -0.05) is 12.8 Å². The summed E-state index contributed by atoms with van der Waals surface area (Å²) in [6.45, 7) is 4.86. The summed E-state index contributed by atoms with van der Waals surface area (Å²) in [5, 5.41) is 2.68. The fourth-order valence-electron chi connectivity index (χ4n) is 3.55. The van der Waals surface area contributed by atoms with Crippen LogP contribution >= 0.6 is 0 Å². The number of amides is 5. The minimum Gasteiger partial charge on any atom is -0.372 e. The van der Waals surface area contributed by atoms with Crippen molar-refractivity contribution in [2.75, 3.05) is 29.9 Å². The number of carbonyl (C=O) groups excluding carboxylic acids is 4. The number of benzene rings is 1. The number of anilines is 2. The number of imide groups is 2. The van der Waals surface area contributed by atoms with Gasteiger partial charge in [0.1, 0.15) is 6.54 Å². The van der Waals surface area contributed by atoms with Gasteiger partial charge in [0.15, 0.2) is 0 Å². The summed E-state index contributed by atoms with van der Waals surface area (Å²) >= 11 is 0. The van der Waals surface area contributed by atoms with Gasteiger partial charge in [-0.2, -0.15) is 0 Å². The van der Waals surface area contributed by atoms with E-state index in [1.54, 1.807) is 26.0 Å². The average molecular weight is 386 g/mol. The minimum atomic E-state index is -0.967.